The van der Waals surface area contributed by atoms with Crippen LogP contribution in [0.15, 0.2) is 30.5 Å². The van der Waals surface area contributed by atoms with Crippen LogP contribution in [0.25, 0.3) is 0 Å². The van der Waals surface area contributed by atoms with Gasteiger partial charge in [-0.1, -0.05) is 41.4 Å². The number of halogens is 1. The number of aromatic nitrogens is 2. The molecule has 1 heterocycles. The first-order chi connectivity index (χ1) is 7.70. The predicted molar refractivity (Wildman–Crippen MR) is 65.4 cm³/mol. The van der Waals surface area contributed by atoms with Crippen LogP contribution in [0.2, 0.25) is 5.15 Å². The van der Waals surface area contributed by atoms with Gasteiger partial charge in [0.2, 0.25) is 0 Å². The van der Waals surface area contributed by atoms with Crippen molar-refractivity contribution in [1.82, 2.24) is 9.78 Å². The molecule has 0 amide bonds. The van der Waals surface area contributed by atoms with Crippen LogP contribution < -0.4 is 5.73 Å². The second-order valence-corrected chi connectivity index (χ2v) is 4.17. The van der Waals surface area contributed by atoms with Crippen molar-refractivity contribution in [3.63, 3.8) is 0 Å². The van der Waals surface area contributed by atoms with Crippen LogP contribution in [0.4, 0.5) is 0 Å². The van der Waals surface area contributed by atoms with Crippen molar-refractivity contribution in [2.75, 3.05) is 0 Å². The summed E-state index contributed by atoms with van der Waals surface area (Å²) in [6.45, 7) is 3.17. The highest BCUT2D eigenvalue weighted by Crippen LogP contribution is 2.16. The van der Waals surface area contributed by atoms with Crippen molar-refractivity contribution in [3.05, 3.63) is 52.3 Å². The van der Waals surface area contributed by atoms with E-state index in [1.54, 1.807) is 10.9 Å². The Kier molecular flexibility index (Phi) is 3.27. The summed E-state index contributed by atoms with van der Waals surface area (Å²) in [4.78, 5) is 0. The Bertz CT molecular complexity index is 474. The molecule has 0 spiro atoms. The van der Waals surface area contributed by atoms with E-state index in [0.717, 1.165) is 5.56 Å². The van der Waals surface area contributed by atoms with Crippen molar-refractivity contribution >= 4 is 11.6 Å². The van der Waals surface area contributed by atoms with Gasteiger partial charge < -0.3 is 5.73 Å². The molecule has 0 atom stereocenters. The second-order valence-electron chi connectivity index (χ2n) is 3.81. The highest BCUT2D eigenvalue weighted by Gasteiger charge is 2.06. The average molecular weight is 236 g/mol. The van der Waals surface area contributed by atoms with Gasteiger partial charge in [0.1, 0.15) is 5.15 Å². The van der Waals surface area contributed by atoms with Crippen molar-refractivity contribution < 1.29 is 0 Å². The summed E-state index contributed by atoms with van der Waals surface area (Å²) >= 11 is 6.13. The van der Waals surface area contributed by atoms with Crippen LogP contribution in [0.3, 0.4) is 0 Å². The Labute approximate surface area is 99.8 Å². The van der Waals surface area contributed by atoms with Crippen LogP contribution in [0.1, 0.15) is 16.7 Å². The molecule has 84 valence electrons. The van der Waals surface area contributed by atoms with Gasteiger partial charge in [-0.15, -0.1) is 0 Å². The van der Waals surface area contributed by atoms with E-state index in [-0.39, 0.29) is 0 Å². The van der Waals surface area contributed by atoms with Gasteiger partial charge in [0.05, 0.1) is 12.7 Å². The number of hydrogen-bond donors (Lipinski definition) is 1. The molecule has 0 unspecified atom stereocenters. The standard InChI is InChI=1S/C12H14ClN3/c1-9-2-4-10(5-3-9)8-16-12(13)11(6-14)7-15-16/h2-5,7H,6,8,14H2,1H3. The van der Waals surface area contributed by atoms with E-state index in [0.29, 0.717) is 18.2 Å². The minimum Gasteiger partial charge on any atom is -0.326 e. The molecule has 0 bridgehead atoms. The maximum Gasteiger partial charge on any atom is 0.131 e. The van der Waals surface area contributed by atoms with Gasteiger partial charge in [0.25, 0.3) is 0 Å². The van der Waals surface area contributed by atoms with Crippen LogP contribution in [0, 0.1) is 6.92 Å². The van der Waals surface area contributed by atoms with E-state index in [4.69, 9.17) is 17.3 Å². The third-order valence-electron chi connectivity index (χ3n) is 2.52. The highest BCUT2D eigenvalue weighted by molar-refractivity contribution is 6.30. The lowest BCUT2D eigenvalue weighted by atomic mass is 10.1. The maximum atomic E-state index is 6.13. The van der Waals surface area contributed by atoms with E-state index >= 15 is 0 Å². The van der Waals surface area contributed by atoms with E-state index in [1.165, 1.54) is 11.1 Å². The summed E-state index contributed by atoms with van der Waals surface area (Å²) in [5.41, 5.74) is 8.85. The van der Waals surface area contributed by atoms with Crippen LogP contribution in [-0.2, 0) is 13.1 Å². The Morgan fingerprint density at radius 3 is 2.56 bits per heavy atom. The minimum absolute atomic E-state index is 0.423. The lowest BCUT2D eigenvalue weighted by Gasteiger charge is -2.04. The van der Waals surface area contributed by atoms with Gasteiger partial charge in [-0.2, -0.15) is 5.10 Å². The van der Waals surface area contributed by atoms with Crippen LogP contribution in [-0.4, -0.2) is 9.78 Å². The fourth-order valence-electron chi connectivity index (χ4n) is 1.52. The molecule has 2 N–H and O–H groups in total. The minimum atomic E-state index is 0.423. The summed E-state index contributed by atoms with van der Waals surface area (Å²) in [6, 6.07) is 8.32. The second kappa shape index (κ2) is 4.68. The Balaban J connectivity index is 2.20. The first kappa shape index (κ1) is 11.2. The number of nitrogens with zero attached hydrogens (tertiary/aromatic N) is 2. The van der Waals surface area contributed by atoms with Crippen molar-refractivity contribution in [2.24, 2.45) is 5.73 Å². The fraction of sp³-hybridized carbons (Fsp3) is 0.250. The Morgan fingerprint density at radius 1 is 1.31 bits per heavy atom. The van der Waals surface area contributed by atoms with Crippen molar-refractivity contribution in [3.8, 4) is 0 Å². The van der Waals surface area contributed by atoms with Gasteiger partial charge >= 0.3 is 0 Å². The first-order valence-corrected chi connectivity index (χ1v) is 5.54. The van der Waals surface area contributed by atoms with Gasteiger partial charge in [0, 0.05) is 12.1 Å². The van der Waals surface area contributed by atoms with E-state index < -0.39 is 0 Å². The Morgan fingerprint density at radius 2 is 2.00 bits per heavy atom. The number of hydrogen-bond acceptors (Lipinski definition) is 2. The van der Waals surface area contributed by atoms with E-state index in [1.807, 2.05) is 0 Å². The zero-order valence-electron chi connectivity index (χ0n) is 9.15. The first-order valence-electron chi connectivity index (χ1n) is 5.16. The van der Waals surface area contributed by atoms with Crippen molar-refractivity contribution in [1.29, 1.82) is 0 Å². The molecule has 0 saturated heterocycles. The van der Waals surface area contributed by atoms with Gasteiger partial charge in [-0.05, 0) is 12.5 Å². The maximum absolute atomic E-state index is 6.13. The third kappa shape index (κ3) is 2.26. The summed E-state index contributed by atoms with van der Waals surface area (Å²) in [5, 5.41) is 4.84. The molecule has 1 aromatic heterocycles. The van der Waals surface area contributed by atoms with Crippen molar-refractivity contribution in [2.45, 2.75) is 20.0 Å². The molecule has 4 heteroatoms. The SMILES string of the molecule is Cc1ccc(Cn2ncc(CN)c2Cl)cc1. The third-order valence-corrected chi connectivity index (χ3v) is 2.96. The lowest BCUT2D eigenvalue weighted by molar-refractivity contribution is 0.687. The molecule has 0 saturated carbocycles. The summed E-state index contributed by atoms with van der Waals surface area (Å²) in [6.07, 6.45) is 1.72. The van der Waals surface area contributed by atoms with Gasteiger partial charge in [-0.25, -0.2) is 4.68 Å². The summed E-state index contributed by atoms with van der Waals surface area (Å²) < 4.78 is 1.76. The average Bonchev–Trinajstić information content (AvgIpc) is 2.63. The number of benzene rings is 1. The molecule has 3 nitrogen and oxygen atoms in total. The molecule has 0 aliphatic carbocycles. The molecule has 16 heavy (non-hydrogen) atoms. The smallest absolute Gasteiger partial charge is 0.131 e. The molecular formula is C12H14ClN3. The van der Waals surface area contributed by atoms with Gasteiger partial charge in [-0.3, -0.25) is 0 Å². The van der Waals surface area contributed by atoms with Crippen LogP contribution >= 0.6 is 11.6 Å². The molecule has 0 fully saturated rings. The predicted octanol–water partition coefficient (Wildman–Crippen LogP) is 2.35. The fourth-order valence-corrected chi connectivity index (χ4v) is 1.75. The molecule has 0 aliphatic rings. The highest BCUT2D eigenvalue weighted by atomic mass is 35.5. The molecule has 1 aromatic carbocycles. The molecule has 2 aromatic rings. The zero-order chi connectivity index (χ0) is 11.5. The van der Waals surface area contributed by atoms with Gasteiger partial charge in [0.15, 0.2) is 0 Å². The summed E-state index contributed by atoms with van der Waals surface area (Å²) in [5.74, 6) is 0. The summed E-state index contributed by atoms with van der Waals surface area (Å²) in [7, 11) is 0. The topological polar surface area (TPSA) is 43.8 Å². The molecule has 0 aliphatic heterocycles. The van der Waals surface area contributed by atoms with E-state index in [9.17, 15) is 0 Å². The van der Waals surface area contributed by atoms with E-state index in [2.05, 4.69) is 36.3 Å². The lowest BCUT2D eigenvalue weighted by Crippen LogP contribution is -2.02. The Hall–Kier alpha value is -1.32. The number of aryl methyl sites for hydroxylation is 1. The monoisotopic (exact) mass is 235 g/mol. The molecular weight excluding hydrogens is 222 g/mol. The zero-order valence-corrected chi connectivity index (χ0v) is 9.91. The van der Waals surface area contributed by atoms with Crippen LogP contribution in [0.5, 0.6) is 0 Å². The quantitative estimate of drug-likeness (QED) is 0.888. The molecule has 2 rings (SSSR count). The molecule has 0 radical (unpaired) electrons. The largest absolute Gasteiger partial charge is 0.326 e. The number of rotatable bonds is 3. The normalized spacial score (nSPS) is 10.7. The number of nitrogens with two attached hydrogens (primary N) is 1.